The second-order valence-corrected chi connectivity index (χ2v) is 6.86. The van der Waals surface area contributed by atoms with E-state index in [2.05, 4.69) is 10.4 Å². The van der Waals surface area contributed by atoms with Gasteiger partial charge in [0.15, 0.2) is 11.6 Å². The molecule has 0 aliphatic carbocycles. The molecule has 1 heterocycles. The van der Waals surface area contributed by atoms with Gasteiger partial charge >= 0.3 is 5.69 Å². The van der Waals surface area contributed by atoms with Crippen LogP contribution >= 0.6 is 0 Å². The number of aromatic nitrogens is 2. The first-order chi connectivity index (χ1) is 14.7. The van der Waals surface area contributed by atoms with E-state index in [1.54, 1.807) is 13.0 Å². The topological polar surface area (TPSA) is 99.3 Å². The number of ether oxygens (including phenoxy) is 1. The molecule has 0 bridgehead atoms. The summed E-state index contributed by atoms with van der Waals surface area (Å²) in [6, 6.07) is 9.76. The summed E-state index contributed by atoms with van der Waals surface area (Å²) in [5, 5.41) is 17.7. The lowest BCUT2D eigenvalue weighted by Crippen LogP contribution is -2.16. The number of carbonyl (C=O) groups is 1. The lowest BCUT2D eigenvalue weighted by molar-refractivity contribution is -0.386. The average Bonchev–Trinajstić information content (AvgIpc) is 2.99. The number of nitrogens with zero attached hydrogens (tertiary/aromatic N) is 3. The van der Waals surface area contributed by atoms with E-state index >= 15 is 0 Å². The number of anilines is 1. The number of benzene rings is 2. The van der Waals surface area contributed by atoms with E-state index in [1.807, 2.05) is 0 Å². The Morgan fingerprint density at radius 2 is 2.00 bits per heavy atom. The minimum absolute atomic E-state index is 0.00143. The van der Waals surface area contributed by atoms with Crippen LogP contribution in [0.15, 0.2) is 42.5 Å². The second-order valence-electron chi connectivity index (χ2n) is 6.86. The van der Waals surface area contributed by atoms with Crippen LogP contribution in [-0.4, -0.2) is 20.6 Å². The molecule has 3 aromatic rings. The van der Waals surface area contributed by atoms with Crippen LogP contribution in [0.1, 0.15) is 23.4 Å². The van der Waals surface area contributed by atoms with Crippen molar-refractivity contribution in [1.29, 1.82) is 0 Å². The molecule has 0 unspecified atom stereocenters. The van der Waals surface area contributed by atoms with Gasteiger partial charge in [-0.1, -0.05) is 12.1 Å². The Bertz CT molecular complexity index is 1130. The molecule has 2 aromatic carbocycles. The molecular formula is C21H20F2N4O4. The van der Waals surface area contributed by atoms with Crippen molar-refractivity contribution in [2.24, 2.45) is 0 Å². The van der Waals surface area contributed by atoms with Gasteiger partial charge in [0, 0.05) is 18.2 Å². The predicted octanol–water partition coefficient (Wildman–Crippen LogP) is 4.29. The number of hydrogen-bond acceptors (Lipinski definition) is 5. The highest BCUT2D eigenvalue weighted by Crippen LogP contribution is 2.24. The third-order valence-electron chi connectivity index (χ3n) is 4.58. The Morgan fingerprint density at radius 3 is 2.65 bits per heavy atom. The maximum atomic E-state index is 14.3. The summed E-state index contributed by atoms with van der Waals surface area (Å²) >= 11 is 0. The number of halogens is 2. The fraction of sp³-hybridized carbons (Fsp3) is 0.238. The standard InChI is InChI=1S/C21H20F2N4O4/c1-13-21(27(29)30)14(2)26(25-13)9-8-20(28)24-17-6-7-19(18(23)11-17)31-12-15-4-3-5-16(22)10-15/h3-7,10-11H,8-9,12H2,1-2H3,(H,24,28). The van der Waals surface area contributed by atoms with E-state index in [-0.39, 0.29) is 42.4 Å². The molecule has 0 atom stereocenters. The first-order valence-corrected chi connectivity index (χ1v) is 9.39. The largest absolute Gasteiger partial charge is 0.486 e. The van der Waals surface area contributed by atoms with E-state index < -0.39 is 22.5 Å². The molecule has 8 nitrogen and oxygen atoms in total. The Hall–Kier alpha value is -3.82. The van der Waals surface area contributed by atoms with Crippen LogP contribution in [0.4, 0.5) is 20.2 Å². The lowest BCUT2D eigenvalue weighted by Gasteiger charge is -2.10. The van der Waals surface area contributed by atoms with E-state index in [1.165, 1.54) is 41.9 Å². The van der Waals surface area contributed by atoms with Crippen LogP contribution in [0, 0.1) is 35.6 Å². The van der Waals surface area contributed by atoms with Crippen molar-refractivity contribution < 1.29 is 23.2 Å². The molecule has 1 amide bonds. The SMILES string of the molecule is Cc1nn(CCC(=O)Nc2ccc(OCc3cccc(F)c3)c(F)c2)c(C)c1[N+](=O)[O-]. The molecule has 0 spiro atoms. The summed E-state index contributed by atoms with van der Waals surface area (Å²) < 4.78 is 34.2. The molecular weight excluding hydrogens is 410 g/mol. The first kappa shape index (κ1) is 21.9. The van der Waals surface area contributed by atoms with Gasteiger partial charge in [0.05, 0.1) is 11.5 Å². The van der Waals surface area contributed by atoms with E-state index in [9.17, 15) is 23.7 Å². The molecule has 0 radical (unpaired) electrons. The van der Waals surface area contributed by atoms with Crippen LogP contribution in [-0.2, 0) is 17.9 Å². The highest BCUT2D eigenvalue weighted by Gasteiger charge is 2.21. The Balaban J connectivity index is 1.56. The van der Waals surface area contributed by atoms with Crippen molar-refractivity contribution >= 4 is 17.3 Å². The minimum Gasteiger partial charge on any atom is -0.486 e. The van der Waals surface area contributed by atoms with Crippen molar-refractivity contribution in [3.8, 4) is 5.75 Å². The molecule has 1 aromatic heterocycles. The monoisotopic (exact) mass is 430 g/mol. The van der Waals surface area contributed by atoms with Crippen molar-refractivity contribution in [2.45, 2.75) is 33.4 Å². The normalized spacial score (nSPS) is 10.7. The van der Waals surface area contributed by atoms with Gasteiger partial charge in [-0.05, 0) is 43.7 Å². The molecule has 162 valence electrons. The van der Waals surface area contributed by atoms with Crippen molar-refractivity contribution in [3.05, 3.63) is 81.2 Å². The van der Waals surface area contributed by atoms with E-state index in [4.69, 9.17) is 4.74 Å². The first-order valence-electron chi connectivity index (χ1n) is 9.39. The smallest absolute Gasteiger partial charge is 0.312 e. The Kier molecular flexibility index (Phi) is 6.58. The molecule has 0 fully saturated rings. The zero-order valence-corrected chi connectivity index (χ0v) is 16.9. The van der Waals surface area contributed by atoms with Gasteiger partial charge in [-0.25, -0.2) is 8.78 Å². The van der Waals surface area contributed by atoms with Crippen molar-refractivity contribution in [1.82, 2.24) is 9.78 Å². The van der Waals surface area contributed by atoms with Gasteiger partial charge in [0.25, 0.3) is 0 Å². The molecule has 0 saturated carbocycles. The van der Waals surface area contributed by atoms with E-state index in [0.29, 0.717) is 11.3 Å². The van der Waals surface area contributed by atoms with Gasteiger partial charge in [-0.15, -0.1) is 0 Å². The lowest BCUT2D eigenvalue weighted by atomic mass is 10.2. The number of carbonyl (C=O) groups excluding carboxylic acids is 1. The summed E-state index contributed by atoms with van der Waals surface area (Å²) in [5.41, 5.74) is 1.36. The Labute approximate surface area is 176 Å². The summed E-state index contributed by atoms with van der Waals surface area (Å²) in [5.74, 6) is -1.52. The molecule has 10 heteroatoms. The third kappa shape index (κ3) is 5.41. The van der Waals surface area contributed by atoms with Crippen LogP contribution < -0.4 is 10.1 Å². The van der Waals surface area contributed by atoms with Crippen molar-refractivity contribution in [2.75, 3.05) is 5.32 Å². The zero-order chi connectivity index (χ0) is 22.5. The molecule has 0 saturated heterocycles. The quantitative estimate of drug-likeness (QED) is 0.424. The number of nitro groups is 1. The third-order valence-corrected chi connectivity index (χ3v) is 4.58. The van der Waals surface area contributed by atoms with E-state index in [0.717, 1.165) is 6.07 Å². The molecule has 0 aliphatic rings. The zero-order valence-electron chi connectivity index (χ0n) is 16.9. The molecule has 1 N–H and O–H groups in total. The predicted molar refractivity (Wildman–Crippen MR) is 109 cm³/mol. The van der Waals surface area contributed by atoms with Gasteiger partial charge < -0.3 is 10.1 Å². The van der Waals surface area contributed by atoms with Crippen LogP contribution in [0.3, 0.4) is 0 Å². The van der Waals surface area contributed by atoms with Crippen LogP contribution in [0.5, 0.6) is 5.75 Å². The number of aryl methyl sites for hydroxylation is 2. The maximum absolute atomic E-state index is 14.3. The molecule has 3 rings (SSSR count). The number of nitrogens with one attached hydrogen (secondary N) is 1. The molecule has 31 heavy (non-hydrogen) atoms. The van der Waals surface area contributed by atoms with Crippen molar-refractivity contribution in [3.63, 3.8) is 0 Å². The second kappa shape index (κ2) is 9.33. The fourth-order valence-electron chi connectivity index (χ4n) is 3.08. The summed E-state index contributed by atoms with van der Waals surface area (Å²) in [4.78, 5) is 22.7. The highest BCUT2D eigenvalue weighted by molar-refractivity contribution is 5.90. The van der Waals surface area contributed by atoms with Crippen LogP contribution in [0.25, 0.3) is 0 Å². The van der Waals surface area contributed by atoms with Gasteiger partial charge in [0.1, 0.15) is 23.8 Å². The average molecular weight is 430 g/mol. The van der Waals surface area contributed by atoms with Gasteiger partial charge in [-0.3, -0.25) is 19.6 Å². The summed E-state index contributed by atoms with van der Waals surface area (Å²) in [6.07, 6.45) is -0.00143. The highest BCUT2D eigenvalue weighted by atomic mass is 19.1. The fourth-order valence-corrected chi connectivity index (χ4v) is 3.08. The number of hydrogen-bond donors (Lipinski definition) is 1. The Morgan fingerprint density at radius 1 is 1.23 bits per heavy atom. The molecule has 0 aliphatic heterocycles. The van der Waals surface area contributed by atoms with Gasteiger partial charge in [0.2, 0.25) is 5.91 Å². The maximum Gasteiger partial charge on any atom is 0.312 e. The summed E-state index contributed by atoms with van der Waals surface area (Å²) in [6.45, 7) is 3.23. The minimum atomic E-state index is -0.677. The van der Waals surface area contributed by atoms with Crippen LogP contribution in [0.2, 0.25) is 0 Å². The summed E-state index contributed by atoms with van der Waals surface area (Å²) in [7, 11) is 0. The number of rotatable bonds is 8. The number of amides is 1. The van der Waals surface area contributed by atoms with Gasteiger partial charge in [-0.2, -0.15) is 5.10 Å².